The van der Waals surface area contributed by atoms with Crippen molar-refractivity contribution in [2.45, 2.75) is 96.5 Å². The molecule has 3 unspecified atom stereocenters. The average molecular weight is 343 g/mol. The molecule has 0 spiro atoms. The summed E-state index contributed by atoms with van der Waals surface area (Å²) >= 11 is 0. The van der Waals surface area contributed by atoms with Gasteiger partial charge in [0.05, 0.1) is 6.10 Å². The first-order valence-corrected chi connectivity index (χ1v) is 11.0. The molecule has 3 rings (SSSR count). The standard InChI is InChI=1S/C24H38O/c1-3-18-7-13-22(14-8-18)23-15-9-19(10-16-23)5-6-20-11-12-21(4-2)24(25)17-20/h9-10,15-16,18,20-22,24-25H,3-8,11-14,17H2,1-2H3. The molecule has 0 aromatic heterocycles. The van der Waals surface area contributed by atoms with E-state index in [1.807, 2.05) is 0 Å². The summed E-state index contributed by atoms with van der Waals surface area (Å²) in [6, 6.07) is 9.54. The van der Waals surface area contributed by atoms with E-state index in [9.17, 15) is 5.11 Å². The van der Waals surface area contributed by atoms with E-state index < -0.39 is 0 Å². The first-order chi connectivity index (χ1) is 12.2. The Bertz CT molecular complexity index is 497. The van der Waals surface area contributed by atoms with Gasteiger partial charge < -0.3 is 5.11 Å². The molecule has 0 bridgehead atoms. The van der Waals surface area contributed by atoms with Crippen molar-refractivity contribution in [3.63, 3.8) is 0 Å². The minimum Gasteiger partial charge on any atom is -0.393 e. The van der Waals surface area contributed by atoms with Gasteiger partial charge in [-0.2, -0.15) is 0 Å². The van der Waals surface area contributed by atoms with Gasteiger partial charge in [0, 0.05) is 0 Å². The van der Waals surface area contributed by atoms with Gasteiger partial charge >= 0.3 is 0 Å². The number of hydrogen-bond donors (Lipinski definition) is 1. The molecule has 0 radical (unpaired) electrons. The number of aliphatic hydroxyl groups is 1. The fraction of sp³-hybridized carbons (Fsp3) is 0.750. The number of aliphatic hydroxyl groups excluding tert-OH is 1. The van der Waals surface area contributed by atoms with Gasteiger partial charge in [0.25, 0.3) is 0 Å². The van der Waals surface area contributed by atoms with Gasteiger partial charge in [-0.3, -0.25) is 0 Å². The van der Waals surface area contributed by atoms with Crippen LogP contribution in [0.3, 0.4) is 0 Å². The first-order valence-electron chi connectivity index (χ1n) is 11.0. The lowest BCUT2D eigenvalue weighted by atomic mass is 9.76. The summed E-state index contributed by atoms with van der Waals surface area (Å²) in [5, 5.41) is 10.3. The van der Waals surface area contributed by atoms with Crippen molar-refractivity contribution in [2.24, 2.45) is 17.8 Å². The van der Waals surface area contributed by atoms with Gasteiger partial charge in [0.2, 0.25) is 0 Å². The highest BCUT2D eigenvalue weighted by atomic mass is 16.3. The molecule has 2 aliphatic rings. The van der Waals surface area contributed by atoms with Crippen molar-refractivity contribution in [2.75, 3.05) is 0 Å². The number of rotatable bonds is 6. The zero-order valence-electron chi connectivity index (χ0n) is 16.4. The zero-order valence-corrected chi connectivity index (χ0v) is 16.4. The summed E-state index contributed by atoms with van der Waals surface area (Å²) < 4.78 is 0. The van der Waals surface area contributed by atoms with Crippen LogP contribution in [-0.4, -0.2) is 11.2 Å². The summed E-state index contributed by atoms with van der Waals surface area (Å²) in [6.07, 6.45) is 14.0. The predicted molar refractivity (Wildman–Crippen MR) is 107 cm³/mol. The monoisotopic (exact) mass is 342 g/mol. The highest BCUT2D eigenvalue weighted by molar-refractivity contribution is 5.26. The fourth-order valence-corrected chi connectivity index (χ4v) is 5.26. The summed E-state index contributed by atoms with van der Waals surface area (Å²) in [6.45, 7) is 4.55. The Morgan fingerprint density at radius 2 is 1.52 bits per heavy atom. The fourth-order valence-electron chi connectivity index (χ4n) is 5.26. The van der Waals surface area contributed by atoms with Crippen molar-refractivity contribution in [1.82, 2.24) is 0 Å². The van der Waals surface area contributed by atoms with Crippen LogP contribution in [0.4, 0.5) is 0 Å². The van der Waals surface area contributed by atoms with Crippen molar-refractivity contribution in [3.05, 3.63) is 35.4 Å². The van der Waals surface area contributed by atoms with Crippen molar-refractivity contribution < 1.29 is 5.11 Å². The SMILES string of the molecule is CCC1CCC(c2ccc(CCC3CCC(CC)C(O)C3)cc2)CC1. The van der Waals surface area contributed by atoms with Crippen LogP contribution in [0.5, 0.6) is 0 Å². The summed E-state index contributed by atoms with van der Waals surface area (Å²) in [5.74, 6) is 3.06. The minimum absolute atomic E-state index is 0.0515. The molecule has 2 saturated carbocycles. The second-order valence-electron chi connectivity index (χ2n) is 8.82. The Hall–Kier alpha value is -0.820. The highest BCUT2D eigenvalue weighted by Gasteiger charge is 2.27. The van der Waals surface area contributed by atoms with Gasteiger partial charge in [-0.15, -0.1) is 0 Å². The maximum atomic E-state index is 10.3. The highest BCUT2D eigenvalue weighted by Crippen LogP contribution is 2.37. The van der Waals surface area contributed by atoms with Crippen LogP contribution in [0, 0.1) is 17.8 Å². The number of benzene rings is 1. The molecule has 1 aromatic carbocycles. The van der Waals surface area contributed by atoms with E-state index in [0.29, 0.717) is 5.92 Å². The second-order valence-corrected chi connectivity index (χ2v) is 8.82. The van der Waals surface area contributed by atoms with Crippen LogP contribution in [0.2, 0.25) is 0 Å². The predicted octanol–water partition coefficient (Wildman–Crippen LogP) is 6.49. The molecular weight excluding hydrogens is 304 g/mol. The van der Waals surface area contributed by atoms with Gasteiger partial charge in [-0.05, 0) is 92.6 Å². The van der Waals surface area contributed by atoms with Crippen molar-refractivity contribution >= 4 is 0 Å². The van der Waals surface area contributed by atoms with E-state index in [-0.39, 0.29) is 6.10 Å². The summed E-state index contributed by atoms with van der Waals surface area (Å²) in [7, 11) is 0. The van der Waals surface area contributed by atoms with E-state index in [0.717, 1.165) is 30.6 Å². The maximum Gasteiger partial charge on any atom is 0.0570 e. The van der Waals surface area contributed by atoms with E-state index >= 15 is 0 Å². The molecule has 2 fully saturated rings. The third-order valence-electron chi connectivity index (χ3n) is 7.31. The van der Waals surface area contributed by atoms with Crippen LogP contribution in [0.25, 0.3) is 0 Å². The number of hydrogen-bond acceptors (Lipinski definition) is 1. The Balaban J connectivity index is 1.45. The van der Waals surface area contributed by atoms with Crippen LogP contribution < -0.4 is 0 Å². The van der Waals surface area contributed by atoms with Crippen LogP contribution in [0.1, 0.15) is 95.1 Å². The Morgan fingerprint density at radius 3 is 2.12 bits per heavy atom. The normalized spacial score (nSPS) is 33.3. The topological polar surface area (TPSA) is 20.2 Å². The van der Waals surface area contributed by atoms with Gasteiger partial charge in [0.1, 0.15) is 0 Å². The molecular formula is C24H38O. The lowest BCUT2D eigenvalue weighted by Gasteiger charge is -2.32. The van der Waals surface area contributed by atoms with Crippen molar-refractivity contribution in [3.8, 4) is 0 Å². The maximum absolute atomic E-state index is 10.3. The van der Waals surface area contributed by atoms with Crippen LogP contribution in [-0.2, 0) is 6.42 Å². The van der Waals surface area contributed by atoms with Crippen LogP contribution >= 0.6 is 0 Å². The molecule has 140 valence electrons. The molecule has 25 heavy (non-hydrogen) atoms. The first kappa shape index (κ1) is 19.0. The molecule has 1 N–H and O–H groups in total. The number of aryl methyl sites for hydroxylation is 1. The molecule has 0 aliphatic heterocycles. The Morgan fingerprint density at radius 1 is 0.840 bits per heavy atom. The van der Waals surface area contributed by atoms with Gasteiger partial charge in [-0.1, -0.05) is 51.0 Å². The summed E-state index contributed by atoms with van der Waals surface area (Å²) in [4.78, 5) is 0. The van der Waals surface area contributed by atoms with Gasteiger partial charge in [0.15, 0.2) is 0 Å². The molecule has 0 amide bonds. The minimum atomic E-state index is -0.0515. The molecule has 0 saturated heterocycles. The van der Waals surface area contributed by atoms with Gasteiger partial charge in [-0.25, -0.2) is 0 Å². The molecule has 0 heterocycles. The van der Waals surface area contributed by atoms with E-state index in [2.05, 4.69) is 38.1 Å². The molecule has 1 heteroatoms. The Kier molecular flexibility index (Phi) is 6.99. The third-order valence-corrected chi connectivity index (χ3v) is 7.31. The molecule has 1 aromatic rings. The van der Waals surface area contributed by atoms with Crippen LogP contribution in [0.15, 0.2) is 24.3 Å². The average Bonchev–Trinajstić information content (AvgIpc) is 2.67. The second kappa shape index (κ2) is 9.21. The lowest BCUT2D eigenvalue weighted by Crippen LogP contribution is -2.29. The molecule has 3 atom stereocenters. The zero-order chi connectivity index (χ0) is 17.6. The van der Waals surface area contributed by atoms with Crippen molar-refractivity contribution in [1.29, 1.82) is 0 Å². The summed E-state index contributed by atoms with van der Waals surface area (Å²) in [5.41, 5.74) is 3.05. The molecule has 2 aliphatic carbocycles. The Labute approximate surface area is 155 Å². The smallest absolute Gasteiger partial charge is 0.0570 e. The molecule has 1 nitrogen and oxygen atoms in total. The van der Waals surface area contributed by atoms with E-state index in [1.165, 1.54) is 63.4 Å². The quantitative estimate of drug-likeness (QED) is 0.626. The lowest BCUT2D eigenvalue weighted by molar-refractivity contribution is 0.0410. The van der Waals surface area contributed by atoms with E-state index in [1.54, 1.807) is 5.56 Å². The largest absolute Gasteiger partial charge is 0.393 e. The van der Waals surface area contributed by atoms with E-state index in [4.69, 9.17) is 0 Å². The third kappa shape index (κ3) is 5.09.